The smallest absolute Gasteiger partial charge is 0.00297 e. The maximum absolute atomic E-state index is 4.60. The Morgan fingerprint density at radius 1 is 1.60 bits per heavy atom. The van der Waals surface area contributed by atoms with Crippen molar-refractivity contribution >= 4 is 0 Å². The summed E-state index contributed by atoms with van der Waals surface area (Å²) in [5.74, 6) is 2.25. The molecular weight excluding hydrogens is 62.1 g/mol. The number of hydrogen-bond acceptors (Lipinski definition) is 1. The third-order valence-electron chi connectivity index (χ3n) is 0. The van der Waals surface area contributed by atoms with Crippen LogP contribution in [0, 0.1) is 12.3 Å². The van der Waals surface area contributed by atoms with Crippen LogP contribution in [0.3, 0.4) is 0 Å². The van der Waals surface area contributed by atoms with Crippen LogP contribution < -0.4 is 5.73 Å². The van der Waals surface area contributed by atoms with Gasteiger partial charge in [0, 0.05) is 0 Å². The van der Waals surface area contributed by atoms with Gasteiger partial charge in [0.25, 0.3) is 0 Å². The largest absolute Gasteiger partial charge is 0.333 e. The molecule has 0 spiro atoms. The molecule has 30 valence electrons. The lowest BCUT2D eigenvalue weighted by Crippen LogP contribution is -1.69. The van der Waals surface area contributed by atoms with E-state index in [1.807, 2.05) is 0 Å². The van der Waals surface area contributed by atoms with Crippen LogP contribution in [-0.2, 0) is 0 Å². The van der Waals surface area contributed by atoms with E-state index in [2.05, 4.69) is 18.1 Å². The molecule has 1 heteroatoms. The zero-order valence-electron chi connectivity index (χ0n) is 3.65. The van der Waals surface area contributed by atoms with Crippen LogP contribution in [0.2, 0.25) is 0 Å². The van der Waals surface area contributed by atoms with Crippen LogP contribution in [0.4, 0.5) is 0 Å². The highest BCUT2D eigenvalue weighted by Gasteiger charge is 1.09. The maximum atomic E-state index is 4.60. The van der Waals surface area contributed by atoms with E-state index in [0.717, 1.165) is 0 Å². The number of hydrogen-bond donors (Lipinski definition) is 1. The van der Waals surface area contributed by atoms with Crippen molar-refractivity contribution in [2.45, 2.75) is 6.92 Å². The fourth-order valence-electron chi connectivity index (χ4n) is 0. The Morgan fingerprint density at radius 3 is 1.60 bits per heavy atom. The zero-order chi connectivity index (χ0) is 4.71. The van der Waals surface area contributed by atoms with Crippen molar-refractivity contribution in [1.29, 1.82) is 0 Å². The van der Waals surface area contributed by atoms with Gasteiger partial charge in [-0.15, -0.1) is 12.3 Å². The molecule has 0 amide bonds. The van der Waals surface area contributed by atoms with Crippen molar-refractivity contribution in [2.24, 2.45) is 5.73 Å². The van der Waals surface area contributed by atoms with Crippen LogP contribution in [0.1, 0.15) is 6.92 Å². The average molecular weight is 71.1 g/mol. The predicted octanol–water partition coefficient (Wildman–Crippen LogP) is 0.214. The highest BCUT2D eigenvalue weighted by molar-refractivity contribution is 4.73. The summed E-state index contributed by atoms with van der Waals surface area (Å²) >= 11 is 0. The van der Waals surface area contributed by atoms with Crippen molar-refractivity contribution in [2.75, 3.05) is 7.05 Å². The van der Waals surface area contributed by atoms with Crippen LogP contribution >= 0.6 is 0 Å². The van der Waals surface area contributed by atoms with Gasteiger partial charge < -0.3 is 5.73 Å². The Bertz CT molecular complexity index is 25.1. The Morgan fingerprint density at radius 2 is 1.60 bits per heavy atom. The predicted molar refractivity (Wildman–Crippen MR) is 24.6 cm³/mol. The molecule has 0 bridgehead atoms. The van der Waals surface area contributed by atoms with Crippen molar-refractivity contribution in [3.05, 3.63) is 0 Å². The number of rotatable bonds is 0. The Labute approximate surface area is 33.2 Å². The van der Waals surface area contributed by atoms with Gasteiger partial charge in [-0.05, 0) is 14.0 Å². The van der Waals surface area contributed by atoms with E-state index < -0.39 is 0 Å². The summed E-state index contributed by atoms with van der Waals surface area (Å²) in [5, 5.41) is 0. The minimum atomic E-state index is 1.50. The third kappa shape index (κ3) is 35.3. The number of terminal acetylenes is 1. The molecule has 2 N–H and O–H groups in total. The fraction of sp³-hybridized carbons (Fsp3) is 0.500. The number of nitrogens with two attached hydrogens (primary N) is 1. The van der Waals surface area contributed by atoms with Crippen molar-refractivity contribution in [3.63, 3.8) is 0 Å². The fourth-order valence-corrected chi connectivity index (χ4v) is 0. The molecule has 0 heterocycles. The Balaban J connectivity index is 0. The SMILES string of the molecule is C#CC.CN. The second-order valence-corrected chi connectivity index (χ2v) is 0.289. The monoisotopic (exact) mass is 71.1 g/mol. The molecule has 0 aliphatic heterocycles. The van der Waals surface area contributed by atoms with E-state index in [9.17, 15) is 0 Å². The molecule has 0 aromatic carbocycles. The highest BCUT2D eigenvalue weighted by atomic mass is 14.4. The van der Waals surface area contributed by atoms with Crippen LogP contribution in [0.15, 0.2) is 0 Å². The average Bonchev–Trinajstić information content (AvgIpc) is 1.46. The molecule has 0 rings (SSSR count). The van der Waals surface area contributed by atoms with Gasteiger partial charge in [-0.1, -0.05) is 0 Å². The van der Waals surface area contributed by atoms with Crippen molar-refractivity contribution < 1.29 is 0 Å². The maximum Gasteiger partial charge on any atom is -0.00297 e. The minimum Gasteiger partial charge on any atom is -0.333 e. The van der Waals surface area contributed by atoms with Gasteiger partial charge in [0.05, 0.1) is 0 Å². The van der Waals surface area contributed by atoms with Gasteiger partial charge in [0.1, 0.15) is 0 Å². The molecule has 0 radical (unpaired) electrons. The normalized spacial score (nSPS) is 2.80. The second kappa shape index (κ2) is 82.7. The van der Waals surface area contributed by atoms with Gasteiger partial charge >= 0.3 is 0 Å². The van der Waals surface area contributed by atoms with Gasteiger partial charge in [0.15, 0.2) is 0 Å². The first-order valence-corrected chi connectivity index (χ1v) is 1.37. The van der Waals surface area contributed by atoms with E-state index in [-0.39, 0.29) is 0 Å². The molecule has 0 atom stereocenters. The van der Waals surface area contributed by atoms with E-state index in [1.165, 1.54) is 7.05 Å². The molecule has 0 aliphatic carbocycles. The lowest BCUT2D eigenvalue weighted by Gasteiger charge is -1.23. The summed E-state index contributed by atoms with van der Waals surface area (Å²) < 4.78 is 0. The van der Waals surface area contributed by atoms with E-state index in [4.69, 9.17) is 0 Å². The van der Waals surface area contributed by atoms with Gasteiger partial charge in [-0.25, -0.2) is 0 Å². The molecule has 0 unspecified atom stereocenters. The molecule has 0 saturated carbocycles. The molecule has 0 aliphatic rings. The first-order valence-electron chi connectivity index (χ1n) is 1.37. The van der Waals surface area contributed by atoms with Gasteiger partial charge in [0.2, 0.25) is 0 Å². The summed E-state index contributed by atoms with van der Waals surface area (Å²) in [6.45, 7) is 1.65. The standard InChI is InChI=1S/C3H4.CH5N/c1-3-2;1-2/h1H,2H3;2H2,1H3. The second-order valence-electron chi connectivity index (χ2n) is 0.289. The lowest BCUT2D eigenvalue weighted by atomic mass is 10.9. The summed E-state index contributed by atoms with van der Waals surface area (Å²) in [6, 6.07) is 0. The molecule has 0 aromatic heterocycles. The molecule has 0 fully saturated rings. The topological polar surface area (TPSA) is 26.0 Å². The van der Waals surface area contributed by atoms with Crippen molar-refractivity contribution in [1.82, 2.24) is 0 Å². The molecule has 5 heavy (non-hydrogen) atoms. The first kappa shape index (κ1) is 8.82. The Kier molecular flexibility index (Phi) is 146. The van der Waals surface area contributed by atoms with Gasteiger partial charge in [-0.3, -0.25) is 0 Å². The van der Waals surface area contributed by atoms with Crippen LogP contribution in [0.5, 0.6) is 0 Å². The summed E-state index contributed by atoms with van der Waals surface area (Å²) in [5.41, 5.74) is 4.50. The highest BCUT2D eigenvalue weighted by Crippen LogP contribution is 1.21. The van der Waals surface area contributed by atoms with Crippen LogP contribution in [0.25, 0.3) is 0 Å². The molecule has 0 aromatic rings. The van der Waals surface area contributed by atoms with Gasteiger partial charge in [-0.2, -0.15) is 0 Å². The Hall–Kier alpha value is -0.480. The first-order chi connectivity index (χ1) is 2.41. The van der Waals surface area contributed by atoms with E-state index in [1.54, 1.807) is 6.92 Å². The van der Waals surface area contributed by atoms with Crippen LogP contribution in [-0.4, -0.2) is 7.05 Å². The zero-order valence-corrected chi connectivity index (χ0v) is 3.65. The summed E-state index contributed by atoms with van der Waals surface area (Å²) in [6.07, 6.45) is 4.60. The summed E-state index contributed by atoms with van der Waals surface area (Å²) in [7, 11) is 1.50. The van der Waals surface area contributed by atoms with E-state index in [0.29, 0.717) is 0 Å². The molecular formula is C4H9N. The molecule has 0 saturated heterocycles. The quantitative estimate of drug-likeness (QED) is 0.406. The van der Waals surface area contributed by atoms with Crippen molar-refractivity contribution in [3.8, 4) is 12.3 Å². The minimum absolute atomic E-state index is 1.50. The summed E-state index contributed by atoms with van der Waals surface area (Å²) in [4.78, 5) is 0. The van der Waals surface area contributed by atoms with E-state index >= 15 is 0 Å². The lowest BCUT2D eigenvalue weighted by molar-refractivity contribution is 1.48. The third-order valence-corrected chi connectivity index (χ3v) is 0. The molecule has 1 nitrogen and oxygen atoms in total.